The highest BCUT2D eigenvalue weighted by Crippen LogP contribution is 2.36. The average Bonchev–Trinajstić information content (AvgIpc) is 3.13. The van der Waals surface area contributed by atoms with Gasteiger partial charge in [-0.25, -0.2) is 4.98 Å². The van der Waals surface area contributed by atoms with Gasteiger partial charge in [0.25, 0.3) is 0 Å². The Hall–Kier alpha value is -2.63. The second kappa shape index (κ2) is 4.73. The Morgan fingerprint density at radius 2 is 2.19 bits per heavy atom. The maximum Gasteiger partial charge on any atom is 0.226 e. The largest absolute Gasteiger partial charge is 0.354 e. The van der Waals surface area contributed by atoms with E-state index in [1.807, 2.05) is 6.92 Å². The van der Waals surface area contributed by atoms with Gasteiger partial charge in [-0.1, -0.05) is 18.2 Å². The highest BCUT2D eigenvalue weighted by atomic mass is 15.3. The molecule has 0 saturated carbocycles. The van der Waals surface area contributed by atoms with Crippen molar-refractivity contribution in [2.75, 3.05) is 23.3 Å². The zero-order valence-corrected chi connectivity index (χ0v) is 11.8. The van der Waals surface area contributed by atoms with Gasteiger partial charge in [-0.05, 0) is 25.0 Å². The number of H-pyrrole nitrogens is 1. The number of benzene rings is 1. The van der Waals surface area contributed by atoms with E-state index in [4.69, 9.17) is 0 Å². The van der Waals surface area contributed by atoms with Crippen molar-refractivity contribution >= 4 is 28.6 Å². The number of para-hydroxylation sites is 1. The Labute approximate surface area is 122 Å². The third-order valence-corrected chi connectivity index (χ3v) is 3.74. The van der Waals surface area contributed by atoms with Crippen LogP contribution in [0.15, 0.2) is 30.6 Å². The van der Waals surface area contributed by atoms with Crippen molar-refractivity contribution < 1.29 is 0 Å². The van der Waals surface area contributed by atoms with Crippen LogP contribution in [0.3, 0.4) is 0 Å². The Bertz CT molecular complexity index is 794. The van der Waals surface area contributed by atoms with Crippen LogP contribution in [-0.2, 0) is 6.42 Å². The molecule has 106 valence electrons. The molecule has 3 aromatic rings. The number of imidazole rings is 1. The minimum Gasteiger partial charge on any atom is -0.354 e. The van der Waals surface area contributed by atoms with Crippen LogP contribution in [0.25, 0.3) is 11.2 Å². The Morgan fingerprint density at radius 1 is 1.29 bits per heavy atom. The lowest BCUT2D eigenvalue weighted by atomic mass is 10.2. The molecule has 0 amide bonds. The Balaban J connectivity index is 1.88. The van der Waals surface area contributed by atoms with Crippen LogP contribution in [0, 0.1) is 0 Å². The number of anilines is 3. The quantitative estimate of drug-likeness (QED) is 0.771. The number of hydrogen-bond acceptors (Lipinski definition) is 5. The first kappa shape index (κ1) is 12.1. The molecule has 0 spiro atoms. The molecule has 1 aliphatic rings. The van der Waals surface area contributed by atoms with Gasteiger partial charge in [-0.15, -0.1) is 0 Å². The van der Waals surface area contributed by atoms with E-state index in [-0.39, 0.29) is 0 Å². The fourth-order valence-electron chi connectivity index (χ4n) is 2.81. The summed E-state index contributed by atoms with van der Waals surface area (Å²) in [6.07, 6.45) is 2.70. The molecule has 6 heteroatoms. The van der Waals surface area contributed by atoms with Gasteiger partial charge in [-0.2, -0.15) is 9.97 Å². The first-order valence-electron chi connectivity index (χ1n) is 7.17. The van der Waals surface area contributed by atoms with E-state index < -0.39 is 0 Å². The standard InChI is InChI=1S/C15H16N6/c1-2-16-15-19-13-12(17-9-18-13)14(20-15)21-8-7-10-5-3-4-6-11(10)21/h3-6,9H,2,7-8H2,1H3,(H2,16,17,18,19,20). The van der Waals surface area contributed by atoms with Gasteiger partial charge < -0.3 is 15.2 Å². The summed E-state index contributed by atoms with van der Waals surface area (Å²) in [6, 6.07) is 8.46. The molecule has 3 heterocycles. The van der Waals surface area contributed by atoms with E-state index in [0.29, 0.717) is 11.6 Å². The lowest BCUT2D eigenvalue weighted by Gasteiger charge is -2.19. The molecule has 0 saturated heterocycles. The lowest BCUT2D eigenvalue weighted by molar-refractivity contribution is 0.969. The minimum absolute atomic E-state index is 0.622. The molecule has 21 heavy (non-hydrogen) atoms. The molecular weight excluding hydrogens is 264 g/mol. The van der Waals surface area contributed by atoms with Crippen molar-refractivity contribution in [3.05, 3.63) is 36.2 Å². The van der Waals surface area contributed by atoms with Crippen LogP contribution < -0.4 is 10.2 Å². The van der Waals surface area contributed by atoms with Crippen molar-refractivity contribution in [3.63, 3.8) is 0 Å². The monoisotopic (exact) mass is 280 g/mol. The second-order valence-corrected chi connectivity index (χ2v) is 5.03. The summed E-state index contributed by atoms with van der Waals surface area (Å²) in [4.78, 5) is 18.8. The highest BCUT2D eigenvalue weighted by molar-refractivity contribution is 5.88. The number of nitrogens with one attached hydrogen (secondary N) is 2. The van der Waals surface area contributed by atoms with Gasteiger partial charge in [0.15, 0.2) is 11.5 Å². The molecule has 4 rings (SSSR count). The lowest BCUT2D eigenvalue weighted by Crippen LogP contribution is -2.17. The summed E-state index contributed by atoms with van der Waals surface area (Å²) in [7, 11) is 0. The number of hydrogen-bond donors (Lipinski definition) is 2. The Morgan fingerprint density at radius 3 is 3.10 bits per heavy atom. The van der Waals surface area contributed by atoms with Gasteiger partial charge in [0.2, 0.25) is 5.95 Å². The first-order valence-corrected chi connectivity index (χ1v) is 7.17. The third-order valence-electron chi connectivity index (χ3n) is 3.74. The Kier molecular flexibility index (Phi) is 2.73. The molecular formula is C15H16N6. The van der Waals surface area contributed by atoms with Crippen molar-refractivity contribution in [2.45, 2.75) is 13.3 Å². The molecule has 0 bridgehead atoms. The van der Waals surface area contributed by atoms with E-state index in [9.17, 15) is 0 Å². The summed E-state index contributed by atoms with van der Waals surface area (Å²) in [5, 5.41) is 3.17. The smallest absolute Gasteiger partial charge is 0.226 e. The summed E-state index contributed by atoms with van der Waals surface area (Å²) >= 11 is 0. The summed E-state index contributed by atoms with van der Waals surface area (Å²) in [5.41, 5.74) is 4.15. The summed E-state index contributed by atoms with van der Waals surface area (Å²) in [6.45, 7) is 3.74. The molecule has 1 aliphatic heterocycles. The molecule has 2 N–H and O–H groups in total. The van der Waals surface area contributed by atoms with E-state index >= 15 is 0 Å². The summed E-state index contributed by atoms with van der Waals surface area (Å²) in [5.74, 6) is 1.51. The van der Waals surface area contributed by atoms with Crippen molar-refractivity contribution in [3.8, 4) is 0 Å². The predicted molar refractivity (Wildman–Crippen MR) is 83.0 cm³/mol. The van der Waals surface area contributed by atoms with Gasteiger partial charge in [0.1, 0.15) is 5.52 Å². The topological polar surface area (TPSA) is 69.7 Å². The number of fused-ring (bicyclic) bond motifs is 2. The fraction of sp³-hybridized carbons (Fsp3) is 0.267. The van der Waals surface area contributed by atoms with Crippen LogP contribution in [0.1, 0.15) is 12.5 Å². The normalized spacial score (nSPS) is 13.7. The van der Waals surface area contributed by atoms with E-state index in [2.05, 4.69) is 54.4 Å². The third kappa shape index (κ3) is 1.91. The molecule has 0 atom stereocenters. The molecule has 0 radical (unpaired) electrons. The summed E-state index contributed by atoms with van der Waals surface area (Å²) < 4.78 is 0. The van der Waals surface area contributed by atoms with Gasteiger partial charge >= 0.3 is 0 Å². The van der Waals surface area contributed by atoms with E-state index in [1.54, 1.807) is 6.33 Å². The van der Waals surface area contributed by atoms with E-state index in [1.165, 1.54) is 11.3 Å². The van der Waals surface area contributed by atoms with Crippen LogP contribution in [0.2, 0.25) is 0 Å². The molecule has 2 aromatic heterocycles. The van der Waals surface area contributed by atoms with Crippen LogP contribution in [0.5, 0.6) is 0 Å². The SMILES string of the molecule is CCNc1nc(N2CCc3ccccc32)c2[nH]cnc2n1. The molecule has 0 unspecified atom stereocenters. The maximum atomic E-state index is 4.68. The molecule has 0 fully saturated rings. The zero-order chi connectivity index (χ0) is 14.2. The van der Waals surface area contributed by atoms with Gasteiger partial charge in [-0.3, -0.25) is 0 Å². The average molecular weight is 280 g/mol. The van der Waals surface area contributed by atoms with Crippen molar-refractivity contribution in [1.82, 2.24) is 19.9 Å². The van der Waals surface area contributed by atoms with Crippen LogP contribution in [-0.4, -0.2) is 33.0 Å². The number of aromatic nitrogens is 4. The maximum absolute atomic E-state index is 4.68. The first-order chi connectivity index (χ1) is 10.4. The second-order valence-electron chi connectivity index (χ2n) is 5.03. The minimum atomic E-state index is 0.622. The molecule has 1 aromatic carbocycles. The van der Waals surface area contributed by atoms with E-state index in [0.717, 1.165) is 30.8 Å². The van der Waals surface area contributed by atoms with Crippen LogP contribution in [0.4, 0.5) is 17.5 Å². The number of rotatable bonds is 3. The predicted octanol–water partition coefficient (Wildman–Crippen LogP) is 2.48. The number of aromatic amines is 1. The molecule has 0 aliphatic carbocycles. The molecule has 6 nitrogen and oxygen atoms in total. The van der Waals surface area contributed by atoms with Crippen molar-refractivity contribution in [1.29, 1.82) is 0 Å². The number of nitrogens with zero attached hydrogens (tertiary/aromatic N) is 4. The fourth-order valence-corrected chi connectivity index (χ4v) is 2.81. The zero-order valence-electron chi connectivity index (χ0n) is 11.8. The van der Waals surface area contributed by atoms with Gasteiger partial charge in [0, 0.05) is 18.8 Å². The highest BCUT2D eigenvalue weighted by Gasteiger charge is 2.24. The van der Waals surface area contributed by atoms with Crippen LogP contribution >= 0.6 is 0 Å². The van der Waals surface area contributed by atoms with Gasteiger partial charge in [0.05, 0.1) is 6.33 Å². The van der Waals surface area contributed by atoms with Crippen molar-refractivity contribution in [2.24, 2.45) is 0 Å².